The van der Waals surface area contributed by atoms with Crippen LogP contribution in [0, 0.1) is 6.92 Å². The lowest BCUT2D eigenvalue weighted by Gasteiger charge is -2.09. The molecular formula is C12H17NO2. The highest BCUT2D eigenvalue weighted by molar-refractivity contribution is 5.95. The Morgan fingerprint density at radius 3 is 2.27 bits per heavy atom. The first-order valence-corrected chi connectivity index (χ1v) is 4.76. The molecule has 1 aromatic rings. The van der Waals surface area contributed by atoms with Gasteiger partial charge in [0.15, 0.2) is 0 Å². The van der Waals surface area contributed by atoms with Crippen molar-refractivity contribution >= 4 is 12.7 Å². The second-order valence-corrected chi connectivity index (χ2v) is 3.44. The normalized spacial score (nSPS) is 9.07. The molecule has 1 N–H and O–H groups in total. The molecule has 1 amide bonds. The summed E-state index contributed by atoms with van der Waals surface area (Å²) in [7, 11) is 0. The molecule has 3 nitrogen and oxygen atoms in total. The number of benzene rings is 1. The van der Waals surface area contributed by atoms with Gasteiger partial charge in [-0.25, -0.2) is 0 Å². The second kappa shape index (κ2) is 6.76. The number of rotatable bonds is 2. The van der Waals surface area contributed by atoms with Crippen molar-refractivity contribution in [3.63, 3.8) is 0 Å². The van der Waals surface area contributed by atoms with Gasteiger partial charge in [0.1, 0.15) is 6.79 Å². The fourth-order valence-corrected chi connectivity index (χ4v) is 1.17. The third-order valence-electron chi connectivity index (χ3n) is 1.81. The van der Waals surface area contributed by atoms with E-state index in [0.29, 0.717) is 0 Å². The number of amides is 1. The van der Waals surface area contributed by atoms with E-state index < -0.39 is 0 Å². The van der Waals surface area contributed by atoms with Crippen LogP contribution in [0.2, 0.25) is 0 Å². The second-order valence-electron chi connectivity index (χ2n) is 3.44. The van der Waals surface area contributed by atoms with Gasteiger partial charge in [0.25, 0.3) is 5.91 Å². The number of aryl methyl sites for hydroxylation is 1. The van der Waals surface area contributed by atoms with Crippen LogP contribution in [-0.2, 0) is 4.79 Å². The molecule has 1 rings (SSSR count). The number of carbonyl (C=O) groups is 2. The van der Waals surface area contributed by atoms with Crippen LogP contribution in [0.4, 0.5) is 0 Å². The maximum Gasteiger partial charge on any atom is 0.251 e. The van der Waals surface area contributed by atoms with Gasteiger partial charge in [0.2, 0.25) is 0 Å². The number of hydrogen-bond donors (Lipinski definition) is 1. The summed E-state index contributed by atoms with van der Waals surface area (Å²) >= 11 is 0. The first kappa shape index (κ1) is 13.4. The van der Waals surface area contributed by atoms with Gasteiger partial charge < -0.3 is 10.1 Å². The molecule has 0 atom stereocenters. The van der Waals surface area contributed by atoms with E-state index in [-0.39, 0.29) is 11.9 Å². The third kappa shape index (κ3) is 4.40. The summed E-state index contributed by atoms with van der Waals surface area (Å²) in [5.74, 6) is 0.00750. The molecule has 0 saturated carbocycles. The van der Waals surface area contributed by atoms with Gasteiger partial charge in [-0.3, -0.25) is 4.79 Å². The summed E-state index contributed by atoms with van der Waals surface area (Å²) in [6.45, 7) is 7.85. The molecule has 0 spiro atoms. The predicted octanol–water partition coefficient (Wildman–Crippen LogP) is 1.95. The van der Waals surface area contributed by atoms with E-state index in [1.54, 1.807) is 0 Å². The van der Waals surface area contributed by atoms with E-state index in [1.807, 2.05) is 51.8 Å². The highest BCUT2D eigenvalue weighted by atomic mass is 16.1. The van der Waals surface area contributed by atoms with Crippen molar-refractivity contribution in [1.82, 2.24) is 5.32 Å². The largest absolute Gasteiger partial charge is 0.350 e. The summed E-state index contributed by atoms with van der Waals surface area (Å²) in [5.41, 5.74) is 1.77. The van der Waals surface area contributed by atoms with Gasteiger partial charge in [-0.1, -0.05) is 18.2 Å². The average Bonchev–Trinajstić information content (AvgIpc) is 2.20. The van der Waals surface area contributed by atoms with Gasteiger partial charge in [0, 0.05) is 11.6 Å². The van der Waals surface area contributed by atoms with E-state index in [2.05, 4.69) is 5.32 Å². The molecule has 0 fully saturated rings. The van der Waals surface area contributed by atoms with Gasteiger partial charge in [0.05, 0.1) is 0 Å². The summed E-state index contributed by atoms with van der Waals surface area (Å²) in [4.78, 5) is 19.6. The topological polar surface area (TPSA) is 46.2 Å². The Morgan fingerprint density at radius 1 is 1.27 bits per heavy atom. The zero-order valence-electron chi connectivity index (χ0n) is 9.41. The summed E-state index contributed by atoms with van der Waals surface area (Å²) in [5, 5.41) is 2.86. The van der Waals surface area contributed by atoms with Gasteiger partial charge in [-0.15, -0.1) is 0 Å². The highest BCUT2D eigenvalue weighted by Crippen LogP contribution is 2.06. The van der Waals surface area contributed by atoms with E-state index in [9.17, 15) is 4.79 Å². The van der Waals surface area contributed by atoms with Crippen molar-refractivity contribution in [3.8, 4) is 0 Å². The van der Waals surface area contributed by atoms with Crippen molar-refractivity contribution in [2.75, 3.05) is 0 Å². The molecule has 1 aromatic carbocycles. The Morgan fingerprint density at radius 2 is 1.80 bits per heavy atom. The Bertz CT molecular complexity index is 321. The monoisotopic (exact) mass is 207 g/mol. The minimum Gasteiger partial charge on any atom is -0.350 e. The van der Waals surface area contributed by atoms with Gasteiger partial charge >= 0.3 is 0 Å². The third-order valence-corrected chi connectivity index (χ3v) is 1.81. The molecule has 0 aromatic heterocycles. The quantitative estimate of drug-likeness (QED) is 0.805. The van der Waals surface area contributed by atoms with E-state index >= 15 is 0 Å². The molecule has 3 heteroatoms. The van der Waals surface area contributed by atoms with E-state index in [4.69, 9.17) is 4.79 Å². The van der Waals surface area contributed by atoms with Crippen molar-refractivity contribution in [2.24, 2.45) is 0 Å². The zero-order valence-corrected chi connectivity index (χ0v) is 9.41. The molecule has 0 radical (unpaired) electrons. The van der Waals surface area contributed by atoms with Crippen LogP contribution < -0.4 is 5.32 Å². The van der Waals surface area contributed by atoms with Crippen molar-refractivity contribution in [1.29, 1.82) is 0 Å². The lowest BCUT2D eigenvalue weighted by atomic mass is 10.1. The molecule has 0 heterocycles. The fraction of sp³-hybridized carbons (Fsp3) is 0.333. The molecule has 0 saturated heterocycles. The van der Waals surface area contributed by atoms with Crippen molar-refractivity contribution in [3.05, 3.63) is 35.4 Å². The van der Waals surface area contributed by atoms with Crippen LogP contribution in [0.3, 0.4) is 0 Å². The first-order valence-electron chi connectivity index (χ1n) is 4.76. The van der Waals surface area contributed by atoms with Crippen LogP contribution in [-0.4, -0.2) is 18.7 Å². The smallest absolute Gasteiger partial charge is 0.251 e. The minimum absolute atomic E-state index is 0.00750. The van der Waals surface area contributed by atoms with Crippen molar-refractivity contribution in [2.45, 2.75) is 26.8 Å². The number of hydrogen-bond acceptors (Lipinski definition) is 2. The lowest BCUT2D eigenvalue weighted by molar-refractivity contribution is -0.0979. The van der Waals surface area contributed by atoms with Crippen LogP contribution in [0.15, 0.2) is 24.3 Å². The molecule has 0 aliphatic heterocycles. The Balaban J connectivity index is 0.000000921. The van der Waals surface area contributed by atoms with Crippen LogP contribution in [0.1, 0.15) is 29.8 Å². The zero-order chi connectivity index (χ0) is 11.8. The van der Waals surface area contributed by atoms with E-state index in [0.717, 1.165) is 11.1 Å². The Hall–Kier alpha value is -1.64. The molecule has 0 unspecified atom stereocenters. The van der Waals surface area contributed by atoms with Crippen molar-refractivity contribution < 1.29 is 9.59 Å². The van der Waals surface area contributed by atoms with Gasteiger partial charge in [-0.05, 0) is 32.4 Å². The average molecular weight is 207 g/mol. The lowest BCUT2D eigenvalue weighted by Crippen LogP contribution is -2.30. The molecule has 0 aliphatic rings. The van der Waals surface area contributed by atoms with Crippen LogP contribution >= 0.6 is 0 Å². The predicted molar refractivity (Wildman–Crippen MR) is 60.9 cm³/mol. The molecule has 82 valence electrons. The molecule has 0 bridgehead atoms. The standard InChI is InChI=1S/C11H15NO.CH2O/c1-8(2)12-11(13)10-7-5-4-6-9(10)3;1-2/h4-8H,1-3H3,(H,12,13);1H2. The molecule has 0 aliphatic carbocycles. The SMILES string of the molecule is C=O.Cc1ccccc1C(=O)NC(C)C. The van der Waals surface area contributed by atoms with Crippen LogP contribution in [0.25, 0.3) is 0 Å². The van der Waals surface area contributed by atoms with E-state index in [1.165, 1.54) is 0 Å². The summed E-state index contributed by atoms with van der Waals surface area (Å²) in [6.07, 6.45) is 0. The highest BCUT2D eigenvalue weighted by Gasteiger charge is 2.07. The van der Waals surface area contributed by atoms with Gasteiger partial charge in [-0.2, -0.15) is 0 Å². The van der Waals surface area contributed by atoms with Crippen LogP contribution in [0.5, 0.6) is 0 Å². The minimum atomic E-state index is 0.00750. The number of carbonyl (C=O) groups excluding carboxylic acids is 2. The summed E-state index contributed by atoms with van der Waals surface area (Å²) < 4.78 is 0. The fourth-order valence-electron chi connectivity index (χ4n) is 1.17. The maximum atomic E-state index is 11.6. The Labute approximate surface area is 90.5 Å². The maximum absolute atomic E-state index is 11.6. The first-order chi connectivity index (χ1) is 7.11. The summed E-state index contributed by atoms with van der Waals surface area (Å²) in [6, 6.07) is 7.78. The molecule has 15 heavy (non-hydrogen) atoms. The number of nitrogens with one attached hydrogen (secondary N) is 1. The molecular weight excluding hydrogens is 190 g/mol. The Kier molecular flexibility index (Phi) is 6.02.